The molecule has 1 atom stereocenters. The lowest BCUT2D eigenvalue weighted by atomic mass is 9.92. The topological polar surface area (TPSA) is 77.8 Å². The Morgan fingerprint density at radius 1 is 1.31 bits per heavy atom. The molecule has 5 nitrogen and oxygen atoms in total. The van der Waals surface area contributed by atoms with E-state index in [0.29, 0.717) is 13.1 Å². The number of piperidine rings is 1. The quantitative estimate of drug-likeness (QED) is 0.677. The predicted molar refractivity (Wildman–Crippen MR) is 57.8 cm³/mol. The molecule has 1 saturated heterocycles. The molecule has 16 heavy (non-hydrogen) atoms. The molecule has 1 heterocycles. The lowest BCUT2D eigenvalue weighted by Gasteiger charge is -2.32. The average molecular weight is 227 g/mol. The van der Waals surface area contributed by atoms with Gasteiger partial charge in [0.25, 0.3) is 0 Å². The van der Waals surface area contributed by atoms with E-state index in [-0.39, 0.29) is 17.9 Å². The standard InChI is InChI=1S/C11H17NO4/c1-8(13)9-4-6-12(7-5-9)10(14)2-3-11(15)16/h2-3,8-9,13H,4-7H2,1H3,(H,15,16)/b3-2+. The van der Waals surface area contributed by atoms with E-state index in [9.17, 15) is 14.7 Å². The van der Waals surface area contributed by atoms with Gasteiger partial charge in [0.2, 0.25) is 5.91 Å². The zero-order chi connectivity index (χ0) is 12.1. The van der Waals surface area contributed by atoms with Crippen molar-refractivity contribution in [3.05, 3.63) is 12.2 Å². The van der Waals surface area contributed by atoms with Crippen molar-refractivity contribution in [3.63, 3.8) is 0 Å². The Morgan fingerprint density at radius 3 is 2.31 bits per heavy atom. The smallest absolute Gasteiger partial charge is 0.328 e. The fraction of sp³-hybridized carbons (Fsp3) is 0.636. The fourth-order valence-electron chi connectivity index (χ4n) is 1.85. The molecule has 0 aromatic carbocycles. The van der Waals surface area contributed by atoms with Crippen LogP contribution in [0.2, 0.25) is 0 Å². The average Bonchev–Trinajstić information content (AvgIpc) is 2.26. The number of hydrogen-bond acceptors (Lipinski definition) is 3. The number of nitrogens with zero attached hydrogens (tertiary/aromatic N) is 1. The molecule has 0 radical (unpaired) electrons. The molecular formula is C11H17NO4. The van der Waals surface area contributed by atoms with Crippen LogP contribution in [-0.4, -0.2) is 46.2 Å². The summed E-state index contributed by atoms with van der Waals surface area (Å²) in [6.45, 7) is 2.92. The van der Waals surface area contributed by atoms with Crippen molar-refractivity contribution in [3.8, 4) is 0 Å². The van der Waals surface area contributed by atoms with E-state index in [4.69, 9.17) is 5.11 Å². The van der Waals surface area contributed by atoms with Crippen molar-refractivity contribution in [2.24, 2.45) is 5.92 Å². The Bertz CT molecular complexity index is 290. The highest BCUT2D eigenvalue weighted by molar-refractivity contribution is 5.93. The van der Waals surface area contributed by atoms with Gasteiger partial charge in [-0.25, -0.2) is 4.79 Å². The van der Waals surface area contributed by atoms with Gasteiger partial charge in [-0.15, -0.1) is 0 Å². The summed E-state index contributed by atoms with van der Waals surface area (Å²) in [7, 11) is 0. The summed E-state index contributed by atoms with van der Waals surface area (Å²) in [5, 5.41) is 17.8. The van der Waals surface area contributed by atoms with E-state index in [0.717, 1.165) is 25.0 Å². The number of carbonyl (C=O) groups is 2. The van der Waals surface area contributed by atoms with Crippen molar-refractivity contribution in [2.75, 3.05) is 13.1 Å². The lowest BCUT2D eigenvalue weighted by Crippen LogP contribution is -2.40. The number of aliphatic hydroxyl groups is 1. The molecule has 1 rings (SSSR count). The van der Waals surface area contributed by atoms with E-state index >= 15 is 0 Å². The molecule has 1 fully saturated rings. The third kappa shape index (κ3) is 3.66. The molecular weight excluding hydrogens is 210 g/mol. The number of hydrogen-bond donors (Lipinski definition) is 2. The van der Waals surface area contributed by atoms with Crippen LogP contribution in [0.4, 0.5) is 0 Å². The number of likely N-dealkylation sites (tertiary alicyclic amines) is 1. The second-order valence-corrected chi connectivity index (χ2v) is 4.07. The summed E-state index contributed by atoms with van der Waals surface area (Å²) in [6.07, 6.45) is 3.12. The molecule has 0 aromatic rings. The molecule has 1 aliphatic heterocycles. The van der Waals surface area contributed by atoms with Crippen LogP contribution in [0.1, 0.15) is 19.8 Å². The molecule has 0 spiro atoms. The van der Waals surface area contributed by atoms with Gasteiger partial charge in [-0.2, -0.15) is 0 Å². The Labute approximate surface area is 94.4 Å². The predicted octanol–water partition coefficient (Wildman–Crippen LogP) is 0.247. The number of carboxylic acid groups (broad SMARTS) is 1. The maximum Gasteiger partial charge on any atom is 0.328 e. The van der Waals surface area contributed by atoms with Crippen molar-refractivity contribution < 1.29 is 19.8 Å². The van der Waals surface area contributed by atoms with E-state index < -0.39 is 5.97 Å². The monoisotopic (exact) mass is 227 g/mol. The van der Waals surface area contributed by atoms with Gasteiger partial charge in [0.15, 0.2) is 0 Å². The molecule has 0 aromatic heterocycles. The second kappa shape index (κ2) is 5.65. The maximum absolute atomic E-state index is 11.5. The van der Waals surface area contributed by atoms with Gasteiger partial charge < -0.3 is 15.1 Å². The van der Waals surface area contributed by atoms with Crippen molar-refractivity contribution >= 4 is 11.9 Å². The summed E-state index contributed by atoms with van der Waals surface area (Å²) < 4.78 is 0. The molecule has 0 aliphatic carbocycles. The van der Waals surface area contributed by atoms with Crippen LogP contribution >= 0.6 is 0 Å². The van der Waals surface area contributed by atoms with Crippen LogP contribution < -0.4 is 0 Å². The molecule has 90 valence electrons. The first-order valence-corrected chi connectivity index (χ1v) is 5.38. The van der Waals surface area contributed by atoms with Gasteiger partial charge in [-0.1, -0.05) is 0 Å². The molecule has 2 N–H and O–H groups in total. The zero-order valence-corrected chi connectivity index (χ0v) is 9.30. The third-order valence-corrected chi connectivity index (χ3v) is 2.90. The molecule has 5 heteroatoms. The normalized spacial score (nSPS) is 20.0. The summed E-state index contributed by atoms with van der Waals surface area (Å²) in [5.41, 5.74) is 0. The number of rotatable bonds is 3. The number of amides is 1. The number of carbonyl (C=O) groups excluding carboxylic acids is 1. The first-order valence-electron chi connectivity index (χ1n) is 5.38. The Hall–Kier alpha value is -1.36. The van der Waals surface area contributed by atoms with E-state index in [1.165, 1.54) is 0 Å². The first-order chi connectivity index (χ1) is 7.50. The van der Waals surface area contributed by atoms with Crippen molar-refractivity contribution in [2.45, 2.75) is 25.9 Å². The fourth-order valence-corrected chi connectivity index (χ4v) is 1.85. The Balaban J connectivity index is 2.42. The van der Waals surface area contributed by atoms with Gasteiger partial charge in [-0.3, -0.25) is 4.79 Å². The van der Waals surface area contributed by atoms with Crippen LogP contribution in [0.3, 0.4) is 0 Å². The van der Waals surface area contributed by atoms with Gasteiger partial charge in [0.05, 0.1) is 6.10 Å². The van der Waals surface area contributed by atoms with E-state index in [1.54, 1.807) is 11.8 Å². The number of carboxylic acids is 1. The van der Waals surface area contributed by atoms with Gasteiger partial charge in [0, 0.05) is 25.2 Å². The van der Waals surface area contributed by atoms with Crippen LogP contribution in [0, 0.1) is 5.92 Å². The highest BCUT2D eigenvalue weighted by Crippen LogP contribution is 2.20. The second-order valence-electron chi connectivity index (χ2n) is 4.07. The zero-order valence-electron chi connectivity index (χ0n) is 9.30. The van der Waals surface area contributed by atoms with Crippen molar-refractivity contribution in [1.82, 2.24) is 4.90 Å². The minimum Gasteiger partial charge on any atom is -0.478 e. The summed E-state index contributed by atoms with van der Waals surface area (Å²) in [6, 6.07) is 0. The van der Waals surface area contributed by atoms with E-state index in [1.807, 2.05) is 0 Å². The molecule has 1 amide bonds. The summed E-state index contributed by atoms with van der Waals surface area (Å²) >= 11 is 0. The largest absolute Gasteiger partial charge is 0.478 e. The SMILES string of the molecule is CC(O)C1CCN(C(=O)/C=C/C(=O)O)CC1. The van der Waals surface area contributed by atoms with Gasteiger partial charge in [-0.05, 0) is 25.7 Å². The lowest BCUT2D eigenvalue weighted by molar-refractivity contribution is -0.132. The number of aliphatic carboxylic acids is 1. The summed E-state index contributed by atoms with van der Waals surface area (Å²) in [4.78, 5) is 23.3. The summed E-state index contributed by atoms with van der Waals surface area (Å²) in [5.74, 6) is -1.15. The molecule has 0 saturated carbocycles. The van der Waals surface area contributed by atoms with Gasteiger partial charge in [0.1, 0.15) is 0 Å². The van der Waals surface area contributed by atoms with Crippen LogP contribution in [0.25, 0.3) is 0 Å². The number of aliphatic hydroxyl groups excluding tert-OH is 1. The van der Waals surface area contributed by atoms with Crippen molar-refractivity contribution in [1.29, 1.82) is 0 Å². The Morgan fingerprint density at radius 2 is 1.88 bits per heavy atom. The molecule has 1 unspecified atom stereocenters. The van der Waals surface area contributed by atoms with Crippen LogP contribution in [-0.2, 0) is 9.59 Å². The molecule has 1 aliphatic rings. The minimum absolute atomic E-state index is 0.243. The molecule has 0 bridgehead atoms. The maximum atomic E-state index is 11.5. The first kappa shape index (κ1) is 12.7. The highest BCUT2D eigenvalue weighted by atomic mass is 16.4. The Kier molecular flexibility index (Phi) is 4.49. The van der Waals surface area contributed by atoms with E-state index in [2.05, 4.69) is 0 Å². The third-order valence-electron chi connectivity index (χ3n) is 2.90. The van der Waals surface area contributed by atoms with Gasteiger partial charge >= 0.3 is 5.97 Å². The van der Waals surface area contributed by atoms with Crippen LogP contribution in [0.15, 0.2) is 12.2 Å². The van der Waals surface area contributed by atoms with Crippen LogP contribution in [0.5, 0.6) is 0 Å². The highest BCUT2D eigenvalue weighted by Gasteiger charge is 2.24. The minimum atomic E-state index is -1.12.